The topological polar surface area (TPSA) is 117 Å². The van der Waals surface area contributed by atoms with Crippen molar-refractivity contribution in [3.8, 4) is 11.4 Å². The molecule has 0 aliphatic carbocycles. The number of aromatic nitrogens is 3. The molecule has 0 spiro atoms. The fraction of sp³-hybridized carbons (Fsp3) is 0.188. The number of nitrogens with one attached hydrogen (secondary N) is 2. The van der Waals surface area contributed by atoms with Gasteiger partial charge in [-0.1, -0.05) is 0 Å². The van der Waals surface area contributed by atoms with Crippen molar-refractivity contribution in [2.45, 2.75) is 12.6 Å². The number of carbonyl (C=O) groups is 1. The fourth-order valence-electron chi connectivity index (χ4n) is 2.22. The molecule has 9 heteroatoms. The molecule has 0 unspecified atom stereocenters. The first-order valence-electron chi connectivity index (χ1n) is 7.47. The molecular formula is C16H16FN5O2S. The van der Waals surface area contributed by atoms with Crippen LogP contribution in [0.25, 0.3) is 11.4 Å². The van der Waals surface area contributed by atoms with Gasteiger partial charge >= 0.3 is 0 Å². The third-order valence-corrected chi connectivity index (χ3v) is 4.51. The first-order valence-corrected chi connectivity index (χ1v) is 8.35. The van der Waals surface area contributed by atoms with Crippen LogP contribution in [-0.4, -0.2) is 32.5 Å². The number of carbonyl (C=O) groups excluding carboxylic acids is 1. The van der Waals surface area contributed by atoms with Gasteiger partial charge in [0, 0.05) is 11.9 Å². The predicted molar refractivity (Wildman–Crippen MR) is 91.3 cm³/mol. The van der Waals surface area contributed by atoms with Crippen molar-refractivity contribution in [3.05, 3.63) is 58.1 Å². The summed E-state index contributed by atoms with van der Waals surface area (Å²) in [6.45, 7) is 0.0175. The van der Waals surface area contributed by atoms with Crippen molar-refractivity contribution in [3.63, 3.8) is 0 Å². The van der Waals surface area contributed by atoms with Crippen LogP contribution in [0, 0.1) is 5.82 Å². The van der Waals surface area contributed by atoms with Crippen molar-refractivity contribution in [2.24, 2.45) is 5.73 Å². The van der Waals surface area contributed by atoms with Crippen molar-refractivity contribution >= 4 is 17.2 Å². The highest BCUT2D eigenvalue weighted by Crippen LogP contribution is 2.20. The van der Waals surface area contributed by atoms with E-state index in [-0.39, 0.29) is 19.1 Å². The van der Waals surface area contributed by atoms with E-state index in [0.717, 1.165) is 6.20 Å². The Bertz CT molecular complexity index is 862. The van der Waals surface area contributed by atoms with E-state index in [4.69, 9.17) is 10.8 Å². The van der Waals surface area contributed by atoms with Gasteiger partial charge in [-0.25, -0.2) is 9.37 Å². The van der Waals surface area contributed by atoms with E-state index >= 15 is 0 Å². The maximum absolute atomic E-state index is 12.9. The Morgan fingerprint density at radius 2 is 2.24 bits per heavy atom. The maximum atomic E-state index is 12.9. The van der Waals surface area contributed by atoms with Crippen LogP contribution in [-0.2, 0) is 6.61 Å². The molecule has 0 aliphatic heterocycles. The average molecular weight is 361 g/mol. The molecule has 0 radical (unpaired) electrons. The Morgan fingerprint density at radius 1 is 1.40 bits per heavy atom. The number of halogens is 1. The highest BCUT2D eigenvalue weighted by atomic mass is 32.1. The van der Waals surface area contributed by atoms with Crippen LogP contribution < -0.4 is 11.1 Å². The summed E-state index contributed by atoms with van der Waals surface area (Å²) in [7, 11) is 0. The zero-order chi connectivity index (χ0) is 17.8. The molecule has 1 atom stereocenters. The van der Waals surface area contributed by atoms with E-state index in [2.05, 4.69) is 20.3 Å². The third-order valence-electron chi connectivity index (χ3n) is 3.50. The number of H-pyrrole nitrogens is 1. The van der Waals surface area contributed by atoms with E-state index in [9.17, 15) is 9.18 Å². The first-order chi connectivity index (χ1) is 12.1. The Hall–Kier alpha value is -2.62. The Kier molecular flexibility index (Phi) is 5.17. The van der Waals surface area contributed by atoms with E-state index < -0.39 is 11.9 Å². The average Bonchev–Trinajstić information content (AvgIpc) is 3.29. The number of hydrogen-bond donors (Lipinski definition) is 4. The molecule has 0 saturated carbocycles. The van der Waals surface area contributed by atoms with Gasteiger partial charge in [0.05, 0.1) is 35.9 Å². The number of thiazole rings is 1. The summed E-state index contributed by atoms with van der Waals surface area (Å²) in [5, 5.41) is 14.2. The highest BCUT2D eigenvalue weighted by Gasteiger charge is 2.19. The summed E-state index contributed by atoms with van der Waals surface area (Å²) in [5.74, 6) is -0.769. The number of aromatic amines is 1. The van der Waals surface area contributed by atoms with Gasteiger partial charge in [0.25, 0.3) is 5.91 Å². The zero-order valence-electron chi connectivity index (χ0n) is 13.1. The van der Waals surface area contributed by atoms with Gasteiger partial charge < -0.3 is 21.1 Å². The summed E-state index contributed by atoms with van der Waals surface area (Å²) in [6.07, 6.45) is 1.11. The van der Waals surface area contributed by atoms with Gasteiger partial charge in [-0.3, -0.25) is 9.78 Å². The van der Waals surface area contributed by atoms with Crippen molar-refractivity contribution < 1.29 is 14.3 Å². The van der Waals surface area contributed by atoms with E-state index in [1.807, 2.05) is 0 Å². The Balaban J connectivity index is 1.73. The van der Waals surface area contributed by atoms with Crippen molar-refractivity contribution in [1.29, 1.82) is 0 Å². The zero-order valence-corrected chi connectivity index (χ0v) is 13.9. The normalized spacial score (nSPS) is 12.1. The number of amides is 1. The fourth-order valence-corrected chi connectivity index (χ4v) is 3.10. The molecule has 3 aromatic rings. The molecular weight excluding hydrogens is 345 g/mol. The summed E-state index contributed by atoms with van der Waals surface area (Å²) < 4.78 is 12.9. The molecule has 3 heterocycles. The number of hydrogen-bond acceptors (Lipinski definition) is 6. The van der Waals surface area contributed by atoms with Crippen molar-refractivity contribution in [2.75, 3.05) is 6.54 Å². The minimum absolute atomic E-state index is 0.160. The van der Waals surface area contributed by atoms with Crippen molar-refractivity contribution in [1.82, 2.24) is 20.3 Å². The Morgan fingerprint density at radius 3 is 2.88 bits per heavy atom. The lowest BCUT2D eigenvalue weighted by Crippen LogP contribution is -2.33. The summed E-state index contributed by atoms with van der Waals surface area (Å²) in [4.78, 5) is 23.6. The number of rotatable bonds is 6. The first kappa shape index (κ1) is 17.2. The maximum Gasteiger partial charge on any atom is 0.268 e. The molecule has 1 amide bonds. The second-order valence-electron chi connectivity index (χ2n) is 5.24. The molecule has 130 valence electrons. The van der Waals surface area contributed by atoms with Gasteiger partial charge in [0.2, 0.25) is 0 Å². The molecule has 0 fully saturated rings. The Labute approximate surface area is 146 Å². The largest absolute Gasteiger partial charge is 0.390 e. The molecule has 0 saturated heterocycles. The van der Waals surface area contributed by atoms with Gasteiger partial charge in [0.15, 0.2) is 0 Å². The van der Waals surface area contributed by atoms with E-state index in [1.54, 1.807) is 17.5 Å². The summed E-state index contributed by atoms with van der Waals surface area (Å²) in [5.41, 5.74) is 7.73. The van der Waals surface area contributed by atoms with Gasteiger partial charge in [-0.15, -0.1) is 11.3 Å². The van der Waals surface area contributed by atoms with Crippen LogP contribution in [0.2, 0.25) is 0 Å². The van der Waals surface area contributed by atoms with Crippen LogP contribution in [0.4, 0.5) is 4.39 Å². The van der Waals surface area contributed by atoms with E-state index in [1.165, 1.54) is 23.5 Å². The summed E-state index contributed by atoms with van der Waals surface area (Å²) in [6, 6.07) is 5.68. The number of nitrogens with two attached hydrogens (primary N) is 1. The third kappa shape index (κ3) is 3.90. The monoisotopic (exact) mass is 361 g/mol. The predicted octanol–water partition coefficient (Wildman–Crippen LogP) is 1.59. The minimum Gasteiger partial charge on any atom is -0.390 e. The second-order valence-corrected chi connectivity index (χ2v) is 6.13. The quantitative estimate of drug-likeness (QED) is 0.532. The molecule has 0 aliphatic rings. The summed E-state index contributed by atoms with van der Waals surface area (Å²) >= 11 is 1.33. The number of aliphatic hydroxyl groups excluding tert-OH is 1. The molecule has 0 bridgehead atoms. The SMILES string of the molecule is NC[C@@H](NC(=O)c1ccc(-c2ccc(F)cn2)[nH]1)c1nc(CO)cs1. The van der Waals surface area contributed by atoms with Crippen LogP contribution in [0.15, 0.2) is 35.8 Å². The standard InChI is InChI=1S/C16H16FN5O2S/c17-9-1-2-11(19-6-9)12-3-4-13(21-12)15(24)22-14(5-18)16-20-10(7-23)8-25-16/h1-4,6,8,14,21,23H,5,7,18H2,(H,22,24)/t14-/m1/s1. The lowest BCUT2D eigenvalue weighted by atomic mass is 10.3. The molecule has 0 aromatic carbocycles. The lowest BCUT2D eigenvalue weighted by Gasteiger charge is -2.13. The molecule has 25 heavy (non-hydrogen) atoms. The molecule has 5 N–H and O–H groups in total. The minimum atomic E-state index is -0.450. The number of pyridine rings is 1. The van der Waals surface area contributed by atoms with Gasteiger partial charge in [-0.05, 0) is 24.3 Å². The van der Waals surface area contributed by atoms with E-state index in [0.29, 0.717) is 27.8 Å². The van der Waals surface area contributed by atoms with Gasteiger partial charge in [0.1, 0.15) is 16.5 Å². The number of nitrogens with zero attached hydrogens (tertiary/aromatic N) is 2. The van der Waals surface area contributed by atoms with Crippen LogP contribution in [0.3, 0.4) is 0 Å². The number of aliphatic hydroxyl groups is 1. The second kappa shape index (κ2) is 7.51. The highest BCUT2D eigenvalue weighted by molar-refractivity contribution is 7.09. The van der Waals surface area contributed by atoms with Crippen LogP contribution >= 0.6 is 11.3 Å². The van der Waals surface area contributed by atoms with Crippen LogP contribution in [0.1, 0.15) is 27.2 Å². The van der Waals surface area contributed by atoms with Crippen LogP contribution in [0.5, 0.6) is 0 Å². The smallest absolute Gasteiger partial charge is 0.268 e. The van der Waals surface area contributed by atoms with Gasteiger partial charge in [-0.2, -0.15) is 0 Å². The lowest BCUT2D eigenvalue weighted by molar-refractivity contribution is 0.0933. The molecule has 3 aromatic heterocycles. The molecule has 7 nitrogen and oxygen atoms in total. The molecule has 3 rings (SSSR count).